The van der Waals surface area contributed by atoms with Crippen molar-refractivity contribution >= 4 is 17.5 Å². The van der Waals surface area contributed by atoms with E-state index in [1.54, 1.807) is 18.3 Å². The summed E-state index contributed by atoms with van der Waals surface area (Å²) in [5.41, 5.74) is 1.90. The second-order valence-corrected chi connectivity index (χ2v) is 4.57. The maximum Gasteiger partial charge on any atom is 0.254 e. The van der Waals surface area contributed by atoms with E-state index in [0.717, 1.165) is 11.3 Å². The van der Waals surface area contributed by atoms with E-state index in [0.29, 0.717) is 23.0 Å². The number of hydrogen-bond acceptors (Lipinski definition) is 4. The summed E-state index contributed by atoms with van der Waals surface area (Å²) in [6.07, 6.45) is 3.10. The van der Waals surface area contributed by atoms with Crippen LogP contribution in [0.1, 0.15) is 21.6 Å². The van der Waals surface area contributed by atoms with E-state index in [4.69, 9.17) is 16.3 Å². The summed E-state index contributed by atoms with van der Waals surface area (Å²) < 4.78 is 5.12. The molecule has 0 saturated heterocycles. The van der Waals surface area contributed by atoms with Gasteiger partial charge in [0.1, 0.15) is 0 Å². The van der Waals surface area contributed by atoms with Gasteiger partial charge in [-0.05, 0) is 19.1 Å². The first-order valence-electron chi connectivity index (χ1n) is 6.00. The number of nitrogens with zero attached hydrogens (tertiary/aromatic N) is 2. The van der Waals surface area contributed by atoms with Gasteiger partial charge >= 0.3 is 0 Å². The van der Waals surface area contributed by atoms with Crippen LogP contribution in [0.2, 0.25) is 5.02 Å². The van der Waals surface area contributed by atoms with E-state index in [1.807, 2.05) is 13.0 Å². The monoisotopic (exact) mass is 291 g/mol. The Morgan fingerprint density at radius 3 is 2.95 bits per heavy atom. The standard InChI is InChI=1S/C14H14ClN3O2/c1-9-6-12(15)11(8-17-9)13(19)18-7-10-4-3-5-16-14(10)20-2/h3-6,8H,7H2,1-2H3,(H,18,19). The van der Waals surface area contributed by atoms with Crippen molar-refractivity contribution in [2.24, 2.45) is 0 Å². The lowest BCUT2D eigenvalue weighted by molar-refractivity contribution is 0.0950. The SMILES string of the molecule is COc1ncccc1CNC(=O)c1cnc(C)cc1Cl. The number of pyridine rings is 2. The fourth-order valence-corrected chi connectivity index (χ4v) is 2.00. The molecule has 0 atom stereocenters. The van der Waals surface area contributed by atoms with Gasteiger partial charge in [-0.25, -0.2) is 4.98 Å². The van der Waals surface area contributed by atoms with Crippen LogP contribution in [-0.2, 0) is 6.54 Å². The zero-order valence-corrected chi connectivity index (χ0v) is 11.9. The van der Waals surface area contributed by atoms with Crippen LogP contribution in [0.5, 0.6) is 5.88 Å². The number of nitrogens with one attached hydrogen (secondary N) is 1. The first kappa shape index (κ1) is 14.3. The van der Waals surface area contributed by atoms with Gasteiger partial charge in [0.2, 0.25) is 5.88 Å². The highest BCUT2D eigenvalue weighted by atomic mass is 35.5. The number of ether oxygens (including phenoxy) is 1. The fraction of sp³-hybridized carbons (Fsp3) is 0.214. The van der Waals surface area contributed by atoms with Crippen LogP contribution in [0.15, 0.2) is 30.6 Å². The van der Waals surface area contributed by atoms with Crippen molar-refractivity contribution in [3.05, 3.63) is 52.4 Å². The second-order valence-electron chi connectivity index (χ2n) is 4.16. The van der Waals surface area contributed by atoms with Gasteiger partial charge in [0, 0.05) is 30.2 Å². The highest BCUT2D eigenvalue weighted by Gasteiger charge is 2.12. The van der Waals surface area contributed by atoms with E-state index in [-0.39, 0.29) is 5.91 Å². The lowest BCUT2D eigenvalue weighted by Gasteiger charge is -2.09. The number of carbonyl (C=O) groups is 1. The predicted molar refractivity (Wildman–Crippen MR) is 75.9 cm³/mol. The van der Waals surface area contributed by atoms with Crippen LogP contribution in [0, 0.1) is 6.92 Å². The molecular weight excluding hydrogens is 278 g/mol. The van der Waals surface area contributed by atoms with E-state index in [9.17, 15) is 4.79 Å². The fourth-order valence-electron chi connectivity index (χ4n) is 1.71. The molecule has 1 N–H and O–H groups in total. The van der Waals surface area contributed by atoms with Gasteiger partial charge < -0.3 is 10.1 Å². The number of aromatic nitrogens is 2. The van der Waals surface area contributed by atoms with Gasteiger partial charge in [-0.2, -0.15) is 0 Å². The third-order valence-electron chi connectivity index (χ3n) is 2.72. The molecular formula is C14H14ClN3O2. The van der Waals surface area contributed by atoms with Gasteiger partial charge in [0.15, 0.2) is 0 Å². The van der Waals surface area contributed by atoms with Crippen molar-refractivity contribution in [2.45, 2.75) is 13.5 Å². The number of methoxy groups -OCH3 is 1. The quantitative estimate of drug-likeness (QED) is 0.939. The molecule has 5 nitrogen and oxygen atoms in total. The van der Waals surface area contributed by atoms with Crippen LogP contribution in [0.3, 0.4) is 0 Å². The topological polar surface area (TPSA) is 64.1 Å². The smallest absolute Gasteiger partial charge is 0.254 e. The highest BCUT2D eigenvalue weighted by Crippen LogP contribution is 2.17. The molecule has 2 aromatic heterocycles. The van der Waals surface area contributed by atoms with Crippen molar-refractivity contribution in [3.63, 3.8) is 0 Å². The number of halogens is 1. The molecule has 20 heavy (non-hydrogen) atoms. The molecule has 0 bridgehead atoms. The molecule has 0 saturated carbocycles. The molecule has 2 rings (SSSR count). The van der Waals surface area contributed by atoms with E-state index in [2.05, 4.69) is 15.3 Å². The number of carbonyl (C=O) groups excluding carboxylic acids is 1. The average molecular weight is 292 g/mol. The minimum Gasteiger partial charge on any atom is -0.481 e. The van der Waals surface area contributed by atoms with Gasteiger partial charge in [-0.1, -0.05) is 17.7 Å². The van der Waals surface area contributed by atoms with Crippen LogP contribution < -0.4 is 10.1 Å². The third-order valence-corrected chi connectivity index (χ3v) is 3.03. The van der Waals surface area contributed by atoms with Crippen molar-refractivity contribution in [1.29, 1.82) is 0 Å². The molecule has 6 heteroatoms. The van der Waals surface area contributed by atoms with Crippen molar-refractivity contribution in [3.8, 4) is 5.88 Å². The van der Waals surface area contributed by atoms with Gasteiger partial charge in [-0.3, -0.25) is 9.78 Å². The van der Waals surface area contributed by atoms with Gasteiger partial charge in [0.05, 0.1) is 17.7 Å². The van der Waals surface area contributed by atoms with Crippen molar-refractivity contribution < 1.29 is 9.53 Å². The Morgan fingerprint density at radius 1 is 1.45 bits per heavy atom. The average Bonchev–Trinajstić information content (AvgIpc) is 2.45. The largest absolute Gasteiger partial charge is 0.481 e. The molecule has 0 aromatic carbocycles. The lowest BCUT2D eigenvalue weighted by atomic mass is 10.2. The highest BCUT2D eigenvalue weighted by molar-refractivity contribution is 6.33. The maximum absolute atomic E-state index is 12.1. The summed E-state index contributed by atoms with van der Waals surface area (Å²) in [5, 5.41) is 3.15. The van der Waals surface area contributed by atoms with Crippen molar-refractivity contribution in [2.75, 3.05) is 7.11 Å². The van der Waals surface area contributed by atoms with Crippen molar-refractivity contribution in [1.82, 2.24) is 15.3 Å². The Hall–Kier alpha value is -2.14. The molecule has 2 aromatic rings. The van der Waals surface area contributed by atoms with Crippen LogP contribution in [0.4, 0.5) is 0 Å². The molecule has 0 unspecified atom stereocenters. The summed E-state index contributed by atoms with van der Waals surface area (Å²) in [4.78, 5) is 20.2. The summed E-state index contributed by atoms with van der Waals surface area (Å²) in [6, 6.07) is 5.27. The first-order chi connectivity index (χ1) is 9.61. The summed E-state index contributed by atoms with van der Waals surface area (Å²) in [6.45, 7) is 2.12. The number of amides is 1. The minimum atomic E-state index is -0.284. The zero-order valence-electron chi connectivity index (χ0n) is 11.2. The van der Waals surface area contributed by atoms with E-state index < -0.39 is 0 Å². The Labute approximate surface area is 122 Å². The second kappa shape index (κ2) is 6.34. The molecule has 0 aliphatic heterocycles. The summed E-state index contributed by atoms with van der Waals surface area (Å²) in [5.74, 6) is 0.203. The van der Waals surface area contributed by atoms with Gasteiger partial charge in [-0.15, -0.1) is 0 Å². The lowest BCUT2D eigenvalue weighted by Crippen LogP contribution is -2.23. The van der Waals surface area contributed by atoms with Gasteiger partial charge in [0.25, 0.3) is 5.91 Å². The maximum atomic E-state index is 12.1. The number of rotatable bonds is 4. The molecule has 0 aliphatic rings. The third kappa shape index (κ3) is 3.24. The molecule has 1 amide bonds. The van der Waals surface area contributed by atoms with E-state index in [1.165, 1.54) is 13.3 Å². The Morgan fingerprint density at radius 2 is 2.25 bits per heavy atom. The Balaban J connectivity index is 2.09. The molecule has 104 valence electrons. The van der Waals surface area contributed by atoms with Crippen LogP contribution in [-0.4, -0.2) is 23.0 Å². The molecule has 2 heterocycles. The number of hydrogen-bond donors (Lipinski definition) is 1. The number of aryl methyl sites for hydroxylation is 1. The van der Waals surface area contributed by atoms with Crippen LogP contribution >= 0.6 is 11.6 Å². The predicted octanol–water partition coefficient (Wildman–Crippen LogP) is 2.38. The zero-order chi connectivity index (χ0) is 14.5. The normalized spacial score (nSPS) is 10.2. The molecule has 0 fully saturated rings. The van der Waals surface area contributed by atoms with E-state index >= 15 is 0 Å². The first-order valence-corrected chi connectivity index (χ1v) is 6.38. The minimum absolute atomic E-state index is 0.284. The molecule has 0 radical (unpaired) electrons. The summed E-state index contributed by atoms with van der Waals surface area (Å²) in [7, 11) is 1.54. The Bertz CT molecular complexity index is 632. The summed E-state index contributed by atoms with van der Waals surface area (Å²) >= 11 is 6.03. The molecule has 0 aliphatic carbocycles. The van der Waals surface area contributed by atoms with Crippen LogP contribution in [0.25, 0.3) is 0 Å². The molecule has 0 spiro atoms. The Kier molecular flexibility index (Phi) is 4.53.